The van der Waals surface area contributed by atoms with Gasteiger partial charge in [0, 0.05) is 29.3 Å². The molecule has 1 fully saturated rings. The molecule has 4 heterocycles. The summed E-state index contributed by atoms with van der Waals surface area (Å²) in [7, 11) is 1.26. The molecule has 15 heteroatoms. The summed E-state index contributed by atoms with van der Waals surface area (Å²) in [4.78, 5) is 63.5. The molecule has 0 radical (unpaired) electrons. The molecular formula is C22H20N6O6S3. The van der Waals surface area contributed by atoms with Gasteiger partial charge in [0.05, 0.1) is 0 Å². The summed E-state index contributed by atoms with van der Waals surface area (Å²) in [6, 6.07) is 3.66. The number of pyridine rings is 1. The third-order valence-electron chi connectivity index (χ3n) is 5.28. The Bertz CT molecular complexity index is 1300. The maximum Gasteiger partial charge on any atom is 0.352 e. The van der Waals surface area contributed by atoms with Crippen LogP contribution in [0.2, 0.25) is 0 Å². The number of fused-ring (bicyclic) bond motifs is 1. The van der Waals surface area contributed by atoms with Gasteiger partial charge in [-0.1, -0.05) is 11.2 Å². The number of aromatic nitrogens is 2. The zero-order valence-corrected chi connectivity index (χ0v) is 21.6. The Morgan fingerprint density at radius 1 is 1.46 bits per heavy atom. The van der Waals surface area contributed by atoms with Crippen LogP contribution in [0.25, 0.3) is 6.08 Å². The van der Waals surface area contributed by atoms with Gasteiger partial charge >= 0.3 is 5.97 Å². The highest BCUT2D eigenvalue weighted by Crippen LogP contribution is 2.46. The molecule has 12 nitrogen and oxygen atoms in total. The van der Waals surface area contributed by atoms with E-state index in [-0.39, 0.29) is 28.0 Å². The van der Waals surface area contributed by atoms with E-state index in [1.54, 1.807) is 23.9 Å². The fourth-order valence-corrected chi connectivity index (χ4v) is 6.71. The lowest BCUT2D eigenvalue weighted by Crippen LogP contribution is -2.81. The summed E-state index contributed by atoms with van der Waals surface area (Å²) in [5.41, 5.74) is -0.747. The van der Waals surface area contributed by atoms with Gasteiger partial charge in [0.1, 0.15) is 23.9 Å². The molecule has 0 aromatic carbocycles. The van der Waals surface area contributed by atoms with E-state index in [0.29, 0.717) is 12.2 Å². The summed E-state index contributed by atoms with van der Waals surface area (Å²) in [6.07, 6.45) is 7.08. The van der Waals surface area contributed by atoms with E-state index in [0.717, 1.165) is 16.9 Å². The largest absolute Gasteiger partial charge is 0.477 e. The number of anilines is 1. The molecule has 1 unspecified atom stereocenters. The van der Waals surface area contributed by atoms with Crippen LogP contribution < -0.4 is 10.6 Å². The van der Waals surface area contributed by atoms with Gasteiger partial charge in [-0.2, -0.15) is 0 Å². The number of oxime groups is 1. The van der Waals surface area contributed by atoms with Gasteiger partial charge in [-0.15, -0.1) is 34.9 Å². The molecule has 2 aromatic heterocycles. The van der Waals surface area contributed by atoms with Crippen LogP contribution >= 0.6 is 34.9 Å². The van der Waals surface area contributed by atoms with Crippen LogP contribution in [0.1, 0.15) is 11.3 Å². The number of thiazole rings is 1. The van der Waals surface area contributed by atoms with E-state index in [4.69, 9.17) is 4.84 Å². The zero-order chi connectivity index (χ0) is 26.4. The van der Waals surface area contributed by atoms with E-state index in [1.807, 2.05) is 12.1 Å². The molecule has 2 aliphatic heterocycles. The number of carboxylic acids is 1. The van der Waals surface area contributed by atoms with Crippen molar-refractivity contribution in [2.45, 2.75) is 10.9 Å². The second-order valence-electron chi connectivity index (χ2n) is 7.50. The Morgan fingerprint density at radius 2 is 2.30 bits per heavy atom. The van der Waals surface area contributed by atoms with Crippen molar-refractivity contribution >= 4 is 76.0 Å². The lowest BCUT2D eigenvalue weighted by Gasteiger charge is -2.56. The molecule has 1 saturated heterocycles. The van der Waals surface area contributed by atoms with E-state index in [9.17, 15) is 24.3 Å². The van der Waals surface area contributed by atoms with Crippen LogP contribution in [-0.4, -0.2) is 79.4 Å². The van der Waals surface area contributed by atoms with Crippen molar-refractivity contribution in [1.82, 2.24) is 20.2 Å². The maximum atomic E-state index is 13.5. The van der Waals surface area contributed by atoms with Gasteiger partial charge < -0.3 is 20.6 Å². The zero-order valence-electron chi connectivity index (χ0n) is 19.2. The monoisotopic (exact) mass is 560 g/mol. The number of hydrogen-bond acceptors (Lipinski definition) is 11. The second kappa shape index (κ2) is 11.6. The fourth-order valence-electron chi connectivity index (χ4n) is 3.66. The third kappa shape index (κ3) is 5.38. The van der Waals surface area contributed by atoms with Crippen molar-refractivity contribution < 1.29 is 29.1 Å². The van der Waals surface area contributed by atoms with Gasteiger partial charge in [-0.05, 0) is 29.2 Å². The highest BCUT2D eigenvalue weighted by atomic mass is 32.2. The number of amides is 3. The minimum atomic E-state index is -1.42. The molecule has 0 aliphatic carbocycles. The first kappa shape index (κ1) is 26.4. The summed E-state index contributed by atoms with van der Waals surface area (Å²) >= 11 is 3.71. The molecule has 2 aromatic rings. The topological polar surface area (TPSA) is 163 Å². The number of hydrogen-bond donors (Lipinski definition) is 3. The minimum Gasteiger partial charge on any atom is -0.477 e. The van der Waals surface area contributed by atoms with Gasteiger partial charge in [-0.25, -0.2) is 9.78 Å². The SMILES string of the molecule is CON=C(C(=O)NC1(CSC=Cc2cccnc2)C(=O)N2C(C(=O)O)=CCS[C@H]21)c1csc(NC=O)n1. The van der Waals surface area contributed by atoms with Crippen LogP contribution in [0.15, 0.2) is 52.2 Å². The summed E-state index contributed by atoms with van der Waals surface area (Å²) < 4.78 is 0. The number of β-lactam (4-membered cyclic amide) rings is 1. The second-order valence-corrected chi connectivity index (χ2v) is 10.4. The van der Waals surface area contributed by atoms with Crippen LogP contribution in [0.4, 0.5) is 5.13 Å². The average molecular weight is 561 g/mol. The van der Waals surface area contributed by atoms with E-state index < -0.39 is 28.7 Å². The number of carboxylic acid groups (broad SMARTS) is 1. The summed E-state index contributed by atoms with van der Waals surface area (Å²) in [6.45, 7) is 0. The van der Waals surface area contributed by atoms with Gasteiger partial charge in [-0.3, -0.25) is 24.3 Å². The predicted octanol–water partition coefficient (Wildman–Crippen LogP) is 1.60. The molecule has 2 aliphatic rings. The Labute approximate surface area is 223 Å². The lowest BCUT2D eigenvalue weighted by atomic mass is 9.88. The van der Waals surface area contributed by atoms with Crippen LogP contribution in [0.5, 0.6) is 0 Å². The summed E-state index contributed by atoms with van der Waals surface area (Å²) in [5, 5.41) is 21.4. The Balaban J connectivity index is 1.60. The van der Waals surface area contributed by atoms with Crippen molar-refractivity contribution in [3.05, 3.63) is 58.3 Å². The van der Waals surface area contributed by atoms with Crippen LogP contribution in [-0.2, 0) is 24.0 Å². The number of nitrogens with one attached hydrogen (secondary N) is 2. The van der Waals surface area contributed by atoms with Crippen molar-refractivity contribution in [1.29, 1.82) is 0 Å². The van der Waals surface area contributed by atoms with E-state index in [2.05, 4.69) is 25.8 Å². The standard InChI is InChI=1S/C22H20N6O6S3/c1-34-27-16(14-10-37-21(25-14)24-12-29)17(30)26-22(11-35-7-4-13-3-2-6-23-9-13)19(33)28-15(18(31)32)5-8-36-20(22)28/h2-7,9-10,12,20H,8,11H2,1H3,(H,26,30)(H,31,32)(H,24,25,29)/t20-,22?/m0/s1. The average Bonchev–Trinajstić information content (AvgIpc) is 3.37. The molecule has 192 valence electrons. The number of carbonyl (C=O) groups is 4. The number of aliphatic carboxylic acids is 1. The quantitative estimate of drug-likeness (QED) is 0.159. The van der Waals surface area contributed by atoms with E-state index in [1.165, 1.54) is 47.0 Å². The van der Waals surface area contributed by atoms with Gasteiger partial charge in [0.25, 0.3) is 11.8 Å². The highest BCUT2D eigenvalue weighted by molar-refractivity contribution is 8.02. The molecular weight excluding hydrogens is 540 g/mol. The molecule has 3 amide bonds. The number of nitrogens with zero attached hydrogens (tertiary/aromatic N) is 4. The molecule has 37 heavy (non-hydrogen) atoms. The number of rotatable bonds is 11. The summed E-state index contributed by atoms with van der Waals surface area (Å²) in [5.74, 6) is -2.02. The Morgan fingerprint density at radius 3 is 3.00 bits per heavy atom. The molecule has 2 atom stereocenters. The normalized spacial score (nSPS) is 21.1. The van der Waals surface area contributed by atoms with Crippen molar-refractivity contribution in [3.63, 3.8) is 0 Å². The number of carbonyl (C=O) groups excluding carboxylic acids is 3. The first-order chi connectivity index (χ1) is 17.9. The van der Waals surface area contributed by atoms with Crippen molar-refractivity contribution in [2.75, 3.05) is 23.9 Å². The molecule has 0 spiro atoms. The first-order valence-electron chi connectivity index (χ1n) is 10.6. The van der Waals surface area contributed by atoms with Gasteiger partial charge in [0.15, 0.2) is 16.4 Å². The molecule has 4 rings (SSSR count). The molecule has 3 N–H and O–H groups in total. The Kier molecular flexibility index (Phi) is 8.25. The fraction of sp³-hybridized carbons (Fsp3) is 0.227. The minimum absolute atomic E-state index is 0.121. The smallest absolute Gasteiger partial charge is 0.352 e. The highest BCUT2D eigenvalue weighted by Gasteiger charge is 2.64. The molecule has 0 bridgehead atoms. The predicted molar refractivity (Wildman–Crippen MR) is 141 cm³/mol. The Hall–Kier alpha value is -3.69. The van der Waals surface area contributed by atoms with E-state index >= 15 is 0 Å². The van der Waals surface area contributed by atoms with Crippen molar-refractivity contribution in [3.8, 4) is 0 Å². The lowest BCUT2D eigenvalue weighted by molar-refractivity contribution is -0.156. The third-order valence-corrected chi connectivity index (χ3v) is 8.29. The molecule has 0 saturated carbocycles. The van der Waals surface area contributed by atoms with Crippen LogP contribution in [0.3, 0.4) is 0 Å². The van der Waals surface area contributed by atoms with Gasteiger partial charge in [0.2, 0.25) is 6.41 Å². The number of thioether (sulfide) groups is 2. The maximum absolute atomic E-state index is 13.5. The van der Waals surface area contributed by atoms with Crippen molar-refractivity contribution in [2.24, 2.45) is 5.16 Å². The van der Waals surface area contributed by atoms with Crippen LogP contribution in [0, 0.1) is 0 Å². The first-order valence-corrected chi connectivity index (χ1v) is 13.6.